The lowest BCUT2D eigenvalue weighted by molar-refractivity contribution is -0.124. The van der Waals surface area contributed by atoms with Crippen LogP contribution >= 0.6 is 15.9 Å². The van der Waals surface area contributed by atoms with Gasteiger partial charge in [-0.1, -0.05) is 15.9 Å². The minimum Gasteiger partial charge on any atom is -0.493 e. The van der Waals surface area contributed by atoms with Crippen molar-refractivity contribution in [2.45, 2.75) is 39.3 Å². The fourth-order valence-electron chi connectivity index (χ4n) is 2.15. The van der Waals surface area contributed by atoms with Gasteiger partial charge in [0.15, 0.2) is 18.1 Å². The fourth-order valence-corrected chi connectivity index (χ4v) is 2.61. The molecule has 1 aromatic rings. The minimum atomic E-state index is -0.288. The monoisotopic (exact) mass is 416 g/mol. The summed E-state index contributed by atoms with van der Waals surface area (Å²) in [4.78, 5) is 11.9. The van der Waals surface area contributed by atoms with Crippen LogP contribution < -0.4 is 20.1 Å². The van der Waals surface area contributed by atoms with E-state index in [1.54, 1.807) is 14.2 Å². The number of methoxy groups -OCH3 is 2. The molecule has 0 bridgehead atoms. The summed E-state index contributed by atoms with van der Waals surface area (Å²) in [6.07, 6.45) is 0.954. The van der Waals surface area contributed by atoms with Gasteiger partial charge in [0.25, 0.3) is 5.91 Å². The highest BCUT2D eigenvalue weighted by Crippen LogP contribution is 2.33. The number of hydrogen-bond donors (Lipinski definition) is 2. The molecule has 0 saturated heterocycles. The number of amides is 1. The lowest BCUT2D eigenvalue weighted by Crippen LogP contribution is -2.43. The molecule has 0 heterocycles. The average molecular weight is 417 g/mol. The van der Waals surface area contributed by atoms with Gasteiger partial charge in [-0.05, 0) is 51.4 Å². The molecule has 2 N–H and O–H groups in total. The van der Waals surface area contributed by atoms with Gasteiger partial charge in [0.1, 0.15) is 0 Å². The smallest absolute Gasteiger partial charge is 0.258 e. The molecule has 0 radical (unpaired) electrons. The number of halogens is 1. The van der Waals surface area contributed by atoms with Crippen LogP contribution in [0, 0.1) is 0 Å². The van der Waals surface area contributed by atoms with Crippen LogP contribution in [-0.2, 0) is 16.1 Å². The quantitative estimate of drug-likeness (QED) is 0.573. The third kappa shape index (κ3) is 8.56. The molecule has 1 amide bonds. The molecule has 0 spiro atoms. The Morgan fingerprint density at radius 2 is 1.92 bits per heavy atom. The number of ether oxygens (including phenoxy) is 3. The Bertz CT molecular complexity index is 559. The van der Waals surface area contributed by atoms with Crippen LogP contribution in [0.25, 0.3) is 0 Å². The van der Waals surface area contributed by atoms with Gasteiger partial charge in [0, 0.05) is 30.3 Å². The van der Waals surface area contributed by atoms with Crippen LogP contribution in [0.2, 0.25) is 0 Å². The Balaban J connectivity index is 2.66. The van der Waals surface area contributed by atoms with Crippen molar-refractivity contribution in [2.75, 3.05) is 34.0 Å². The predicted molar refractivity (Wildman–Crippen MR) is 102 cm³/mol. The zero-order chi connectivity index (χ0) is 18.9. The zero-order valence-corrected chi connectivity index (χ0v) is 17.3. The minimum absolute atomic E-state index is 0.0608. The van der Waals surface area contributed by atoms with E-state index in [0.717, 1.165) is 29.6 Å². The van der Waals surface area contributed by atoms with Gasteiger partial charge in [-0.15, -0.1) is 0 Å². The number of rotatable bonds is 10. The summed E-state index contributed by atoms with van der Waals surface area (Å²) in [5.74, 6) is 0.955. The highest BCUT2D eigenvalue weighted by molar-refractivity contribution is 9.10. The molecule has 0 aliphatic rings. The van der Waals surface area contributed by atoms with E-state index in [4.69, 9.17) is 14.2 Å². The molecular formula is C18H29BrN2O4. The third-order valence-corrected chi connectivity index (χ3v) is 3.96. The first-order valence-corrected chi connectivity index (χ1v) is 9.06. The number of carbonyl (C=O) groups is 1. The van der Waals surface area contributed by atoms with Crippen molar-refractivity contribution in [1.82, 2.24) is 10.6 Å². The molecule has 0 atom stereocenters. The van der Waals surface area contributed by atoms with Gasteiger partial charge in [0.2, 0.25) is 0 Å². The lowest BCUT2D eigenvalue weighted by atomic mass is 10.1. The molecule has 6 nitrogen and oxygen atoms in total. The van der Waals surface area contributed by atoms with Gasteiger partial charge < -0.3 is 24.8 Å². The van der Waals surface area contributed by atoms with Gasteiger partial charge in [-0.2, -0.15) is 0 Å². The second-order valence-corrected chi connectivity index (χ2v) is 7.56. The van der Waals surface area contributed by atoms with Crippen LogP contribution in [0.4, 0.5) is 0 Å². The first-order valence-electron chi connectivity index (χ1n) is 8.26. The zero-order valence-electron chi connectivity index (χ0n) is 15.7. The SMILES string of the molecule is COCCCNCc1cc(OC)c(OCC(=O)NC(C)(C)C)cc1Br. The van der Waals surface area contributed by atoms with E-state index < -0.39 is 0 Å². The molecule has 0 saturated carbocycles. The maximum absolute atomic E-state index is 11.9. The van der Waals surface area contributed by atoms with Crippen molar-refractivity contribution in [3.63, 3.8) is 0 Å². The summed E-state index contributed by atoms with van der Waals surface area (Å²) in [5, 5.41) is 6.21. The van der Waals surface area contributed by atoms with Crippen LogP contribution in [0.1, 0.15) is 32.8 Å². The topological polar surface area (TPSA) is 68.8 Å². The largest absolute Gasteiger partial charge is 0.493 e. The van der Waals surface area contributed by atoms with E-state index in [1.807, 2.05) is 32.9 Å². The predicted octanol–water partition coefficient (Wildman–Crippen LogP) is 2.88. The van der Waals surface area contributed by atoms with E-state index in [1.165, 1.54) is 0 Å². The van der Waals surface area contributed by atoms with Crippen molar-refractivity contribution in [3.05, 3.63) is 22.2 Å². The fraction of sp³-hybridized carbons (Fsp3) is 0.611. The first-order chi connectivity index (χ1) is 11.8. The van der Waals surface area contributed by atoms with Crippen LogP contribution in [0.15, 0.2) is 16.6 Å². The maximum Gasteiger partial charge on any atom is 0.258 e. The molecular weight excluding hydrogens is 388 g/mol. The first kappa shape index (κ1) is 21.7. The van der Waals surface area contributed by atoms with Crippen molar-refractivity contribution in [3.8, 4) is 11.5 Å². The summed E-state index contributed by atoms with van der Waals surface area (Å²) < 4.78 is 16.9. The van der Waals surface area contributed by atoms with E-state index in [-0.39, 0.29) is 18.1 Å². The standard InChI is InChI=1S/C18H29BrN2O4/c1-18(2,3)21-17(22)12-25-16-10-14(19)13(9-15(16)24-5)11-20-7-6-8-23-4/h9-10,20H,6-8,11-12H2,1-5H3,(H,21,22). The van der Waals surface area contributed by atoms with Crippen molar-refractivity contribution in [2.24, 2.45) is 0 Å². The summed E-state index contributed by atoms with van der Waals surface area (Å²) >= 11 is 3.55. The van der Waals surface area contributed by atoms with Gasteiger partial charge in [-0.3, -0.25) is 4.79 Å². The molecule has 142 valence electrons. The van der Waals surface area contributed by atoms with Crippen LogP contribution in [0.3, 0.4) is 0 Å². The highest BCUT2D eigenvalue weighted by atomic mass is 79.9. The summed E-state index contributed by atoms with van der Waals surface area (Å²) in [6.45, 7) is 8.03. The Kier molecular flexibility index (Phi) is 9.24. The van der Waals surface area contributed by atoms with Crippen LogP contribution in [-0.4, -0.2) is 45.4 Å². The molecule has 7 heteroatoms. The molecule has 0 aromatic heterocycles. The molecule has 0 fully saturated rings. The molecule has 25 heavy (non-hydrogen) atoms. The summed E-state index contributed by atoms with van der Waals surface area (Å²) in [7, 11) is 3.28. The molecule has 0 unspecified atom stereocenters. The maximum atomic E-state index is 11.9. The summed E-state index contributed by atoms with van der Waals surface area (Å²) in [5.41, 5.74) is 0.768. The molecule has 0 aliphatic carbocycles. The van der Waals surface area contributed by atoms with E-state index in [2.05, 4.69) is 26.6 Å². The van der Waals surface area contributed by atoms with Gasteiger partial charge in [-0.25, -0.2) is 0 Å². The van der Waals surface area contributed by atoms with E-state index in [9.17, 15) is 4.79 Å². The molecule has 1 aromatic carbocycles. The molecule has 1 rings (SSSR count). The number of carbonyl (C=O) groups excluding carboxylic acids is 1. The third-order valence-electron chi connectivity index (χ3n) is 3.22. The Hall–Kier alpha value is -1.31. The second kappa shape index (κ2) is 10.6. The normalized spacial score (nSPS) is 11.3. The Labute approximate surface area is 158 Å². The van der Waals surface area contributed by atoms with Crippen LogP contribution in [0.5, 0.6) is 11.5 Å². The lowest BCUT2D eigenvalue weighted by Gasteiger charge is -2.21. The van der Waals surface area contributed by atoms with Gasteiger partial charge >= 0.3 is 0 Å². The molecule has 0 aliphatic heterocycles. The van der Waals surface area contributed by atoms with Gasteiger partial charge in [0.05, 0.1) is 7.11 Å². The average Bonchev–Trinajstić information content (AvgIpc) is 2.52. The second-order valence-electron chi connectivity index (χ2n) is 6.70. The van der Waals surface area contributed by atoms with Crippen molar-refractivity contribution >= 4 is 21.8 Å². The Morgan fingerprint density at radius 3 is 2.52 bits per heavy atom. The van der Waals surface area contributed by atoms with Crippen molar-refractivity contribution in [1.29, 1.82) is 0 Å². The number of nitrogens with one attached hydrogen (secondary N) is 2. The Morgan fingerprint density at radius 1 is 1.20 bits per heavy atom. The number of hydrogen-bond acceptors (Lipinski definition) is 5. The van der Waals surface area contributed by atoms with Crippen molar-refractivity contribution < 1.29 is 19.0 Å². The summed E-state index contributed by atoms with van der Waals surface area (Å²) in [6, 6.07) is 3.74. The van der Waals surface area contributed by atoms with E-state index >= 15 is 0 Å². The van der Waals surface area contributed by atoms with E-state index in [0.29, 0.717) is 18.0 Å². The number of benzene rings is 1. The highest BCUT2D eigenvalue weighted by Gasteiger charge is 2.16.